The van der Waals surface area contributed by atoms with Gasteiger partial charge >= 0.3 is 0 Å². The van der Waals surface area contributed by atoms with Gasteiger partial charge in [-0.15, -0.1) is 0 Å². The summed E-state index contributed by atoms with van der Waals surface area (Å²) in [6.07, 6.45) is 4.26. The number of rotatable bonds is 5. The lowest BCUT2D eigenvalue weighted by Crippen LogP contribution is -2.36. The van der Waals surface area contributed by atoms with Crippen molar-refractivity contribution in [2.75, 3.05) is 26.7 Å². The summed E-state index contributed by atoms with van der Waals surface area (Å²) >= 11 is 6.01. The molecule has 1 fully saturated rings. The zero-order chi connectivity index (χ0) is 15.4. The Morgan fingerprint density at radius 2 is 2.18 bits per heavy atom. The largest absolute Gasteiger partial charge is 0.444 e. The molecule has 3 rings (SSSR count). The minimum Gasteiger partial charge on any atom is -0.444 e. The fourth-order valence-corrected chi connectivity index (χ4v) is 3.19. The van der Waals surface area contributed by atoms with Gasteiger partial charge in [-0.3, -0.25) is 4.90 Å². The van der Waals surface area contributed by atoms with E-state index in [1.807, 2.05) is 31.3 Å². The van der Waals surface area contributed by atoms with Crippen molar-refractivity contribution in [3.8, 4) is 11.5 Å². The highest BCUT2D eigenvalue weighted by atomic mass is 35.5. The first kappa shape index (κ1) is 15.5. The molecule has 118 valence electrons. The van der Waals surface area contributed by atoms with Crippen molar-refractivity contribution in [2.45, 2.75) is 19.4 Å². The van der Waals surface area contributed by atoms with Crippen LogP contribution in [0.2, 0.25) is 5.02 Å². The highest BCUT2D eigenvalue weighted by molar-refractivity contribution is 6.30. The van der Waals surface area contributed by atoms with Gasteiger partial charge in [0.15, 0.2) is 0 Å². The Labute approximate surface area is 136 Å². The quantitative estimate of drug-likeness (QED) is 0.916. The van der Waals surface area contributed by atoms with Gasteiger partial charge in [-0.2, -0.15) is 0 Å². The van der Waals surface area contributed by atoms with Crippen LogP contribution in [0.15, 0.2) is 34.9 Å². The van der Waals surface area contributed by atoms with Gasteiger partial charge in [0.05, 0.1) is 5.69 Å². The molecular weight excluding hydrogens is 298 g/mol. The normalized spacial score (nSPS) is 17.0. The van der Waals surface area contributed by atoms with E-state index in [1.54, 1.807) is 6.26 Å². The standard InChI is InChI=1S/C17H22ClN3O/c1-19-10-13-5-7-21(8-6-13)11-16-12-22-17(20-16)14-3-2-4-15(18)9-14/h2-4,9,12-13,19H,5-8,10-11H2,1H3. The number of likely N-dealkylation sites (tertiary alicyclic amines) is 1. The molecular formula is C17H22ClN3O. The molecule has 0 bridgehead atoms. The molecule has 2 aromatic rings. The van der Waals surface area contributed by atoms with E-state index in [4.69, 9.17) is 16.0 Å². The molecule has 1 N–H and O–H groups in total. The maximum Gasteiger partial charge on any atom is 0.226 e. The molecule has 0 aliphatic carbocycles. The third-order valence-electron chi connectivity index (χ3n) is 4.21. The van der Waals surface area contributed by atoms with E-state index >= 15 is 0 Å². The van der Waals surface area contributed by atoms with Crippen LogP contribution in [-0.2, 0) is 6.54 Å². The van der Waals surface area contributed by atoms with Crippen LogP contribution in [0.5, 0.6) is 0 Å². The number of benzene rings is 1. The lowest BCUT2D eigenvalue weighted by atomic mass is 9.97. The lowest BCUT2D eigenvalue weighted by Gasteiger charge is -2.31. The Morgan fingerprint density at radius 3 is 2.91 bits per heavy atom. The summed E-state index contributed by atoms with van der Waals surface area (Å²) in [6, 6.07) is 7.60. The fourth-order valence-electron chi connectivity index (χ4n) is 3.00. The average molecular weight is 320 g/mol. The minimum absolute atomic E-state index is 0.641. The van der Waals surface area contributed by atoms with Crippen molar-refractivity contribution >= 4 is 11.6 Å². The summed E-state index contributed by atoms with van der Waals surface area (Å²) in [5, 5.41) is 3.97. The number of hydrogen-bond acceptors (Lipinski definition) is 4. The number of halogens is 1. The first-order valence-corrected chi connectivity index (χ1v) is 8.19. The molecule has 0 atom stereocenters. The van der Waals surface area contributed by atoms with Gasteiger partial charge in [0, 0.05) is 17.1 Å². The van der Waals surface area contributed by atoms with E-state index < -0.39 is 0 Å². The van der Waals surface area contributed by atoms with Crippen molar-refractivity contribution in [1.29, 1.82) is 0 Å². The molecule has 1 saturated heterocycles. The van der Waals surface area contributed by atoms with E-state index in [0.717, 1.165) is 43.4 Å². The Hall–Kier alpha value is -1.36. The molecule has 0 radical (unpaired) electrons. The summed E-state index contributed by atoms with van der Waals surface area (Å²) in [4.78, 5) is 7.04. The topological polar surface area (TPSA) is 41.3 Å². The number of aromatic nitrogens is 1. The number of nitrogens with one attached hydrogen (secondary N) is 1. The SMILES string of the molecule is CNCC1CCN(Cc2coc(-c3cccc(Cl)c3)n2)CC1. The molecule has 4 nitrogen and oxygen atoms in total. The molecule has 1 aromatic carbocycles. The van der Waals surface area contributed by atoms with Crippen molar-refractivity contribution in [3.63, 3.8) is 0 Å². The molecule has 1 aromatic heterocycles. The molecule has 5 heteroatoms. The van der Waals surface area contributed by atoms with Gasteiger partial charge in [0.2, 0.25) is 5.89 Å². The Kier molecular flexibility index (Phi) is 5.13. The van der Waals surface area contributed by atoms with Gasteiger partial charge < -0.3 is 9.73 Å². The van der Waals surface area contributed by atoms with Gasteiger partial charge in [0.25, 0.3) is 0 Å². The molecule has 0 spiro atoms. The number of nitrogens with zero attached hydrogens (tertiary/aromatic N) is 2. The van der Waals surface area contributed by atoms with Crippen LogP contribution < -0.4 is 5.32 Å². The van der Waals surface area contributed by atoms with Crippen molar-refractivity contribution in [1.82, 2.24) is 15.2 Å². The maximum atomic E-state index is 6.01. The van der Waals surface area contributed by atoms with Crippen LogP contribution in [-0.4, -0.2) is 36.6 Å². The zero-order valence-electron chi connectivity index (χ0n) is 12.9. The second-order valence-corrected chi connectivity index (χ2v) is 6.37. The molecule has 0 saturated carbocycles. The number of hydrogen-bond donors (Lipinski definition) is 1. The zero-order valence-corrected chi connectivity index (χ0v) is 13.6. The van der Waals surface area contributed by atoms with E-state index in [-0.39, 0.29) is 0 Å². The van der Waals surface area contributed by atoms with E-state index in [2.05, 4.69) is 15.2 Å². The highest BCUT2D eigenvalue weighted by Gasteiger charge is 2.19. The molecule has 0 amide bonds. The Balaban J connectivity index is 1.58. The number of piperidine rings is 1. The van der Waals surface area contributed by atoms with Crippen LogP contribution in [0.1, 0.15) is 18.5 Å². The third-order valence-corrected chi connectivity index (χ3v) is 4.44. The number of oxazole rings is 1. The van der Waals surface area contributed by atoms with Gasteiger partial charge in [0.1, 0.15) is 6.26 Å². The smallest absolute Gasteiger partial charge is 0.226 e. The van der Waals surface area contributed by atoms with E-state index in [9.17, 15) is 0 Å². The summed E-state index contributed by atoms with van der Waals surface area (Å²) in [5.74, 6) is 1.45. The predicted molar refractivity (Wildman–Crippen MR) is 88.9 cm³/mol. The predicted octanol–water partition coefficient (Wildman–Crippen LogP) is 3.43. The van der Waals surface area contributed by atoms with Crippen LogP contribution >= 0.6 is 11.6 Å². The molecule has 1 aliphatic heterocycles. The van der Waals surface area contributed by atoms with Crippen molar-refractivity contribution in [3.05, 3.63) is 41.2 Å². The van der Waals surface area contributed by atoms with Crippen LogP contribution in [0, 0.1) is 5.92 Å². The van der Waals surface area contributed by atoms with Crippen molar-refractivity contribution < 1.29 is 4.42 Å². The fraction of sp³-hybridized carbons (Fsp3) is 0.471. The summed E-state index contributed by atoms with van der Waals surface area (Å²) in [7, 11) is 2.03. The Morgan fingerprint density at radius 1 is 1.36 bits per heavy atom. The van der Waals surface area contributed by atoms with Crippen LogP contribution in [0.25, 0.3) is 11.5 Å². The van der Waals surface area contributed by atoms with Gasteiger partial charge in [-0.1, -0.05) is 17.7 Å². The monoisotopic (exact) mass is 319 g/mol. The first-order chi connectivity index (χ1) is 10.7. The summed E-state index contributed by atoms with van der Waals surface area (Å²) < 4.78 is 5.60. The van der Waals surface area contributed by atoms with E-state index in [0.29, 0.717) is 10.9 Å². The van der Waals surface area contributed by atoms with Crippen LogP contribution in [0.4, 0.5) is 0 Å². The van der Waals surface area contributed by atoms with Gasteiger partial charge in [-0.05, 0) is 63.6 Å². The second-order valence-electron chi connectivity index (χ2n) is 5.93. The van der Waals surface area contributed by atoms with Crippen LogP contribution in [0.3, 0.4) is 0 Å². The Bertz CT molecular complexity index is 605. The minimum atomic E-state index is 0.641. The molecule has 22 heavy (non-hydrogen) atoms. The molecule has 2 heterocycles. The van der Waals surface area contributed by atoms with E-state index in [1.165, 1.54) is 12.8 Å². The van der Waals surface area contributed by atoms with Gasteiger partial charge in [-0.25, -0.2) is 4.98 Å². The highest BCUT2D eigenvalue weighted by Crippen LogP contribution is 2.23. The summed E-state index contributed by atoms with van der Waals surface area (Å²) in [6.45, 7) is 4.24. The molecule has 0 unspecified atom stereocenters. The summed E-state index contributed by atoms with van der Waals surface area (Å²) in [5.41, 5.74) is 1.91. The molecule has 1 aliphatic rings. The second kappa shape index (κ2) is 7.27. The lowest BCUT2D eigenvalue weighted by molar-refractivity contribution is 0.175. The average Bonchev–Trinajstić information content (AvgIpc) is 2.98. The third kappa shape index (κ3) is 3.88. The van der Waals surface area contributed by atoms with Crippen molar-refractivity contribution in [2.24, 2.45) is 5.92 Å². The maximum absolute atomic E-state index is 6.01. The first-order valence-electron chi connectivity index (χ1n) is 7.82.